The van der Waals surface area contributed by atoms with Gasteiger partial charge in [0.05, 0.1) is 12.1 Å². The number of aryl methyl sites for hydroxylation is 1. The summed E-state index contributed by atoms with van der Waals surface area (Å²) < 4.78 is 11.3. The van der Waals surface area contributed by atoms with Gasteiger partial charge in [-0.25, -0.2) is 0 Å². The third-order valence-electron chi connectivity index (χ3n) is 5.54. The summed E-state index contributed by atoms with van der Waals surface area (Å²) in [6, 6.07) is 8.91. The molecule has 0 aromatic heterocycles. The maximum Gasteiger partial charge on any atom is 0.191 e. The highest BCUT2D eigenvalue weighted by Gasteiger charge is 2.32. The molecule has 1 heterocycles. The van der Waals surface area contributed by atoms with E-state index >= 15 is 0 Å². The number of guanidine groups is 1. The van der Waals surface area contributed by atoms with E-state index in [0.29, 0.717) is 0 Å². The fourth-order valence-electron chi connectivity index (χ4n) is 3.34. The number of ether oxygens (including phenoxy) is 2. The number of nitrogens with one attached hydrogen (secondary N) is 2. The van der Waals surface area contributed by atoms with Gasteiger partial charge in [-0.2, -0.15) is 0 Å². The summed E-state index contributed by atoms with van der Waals surface area (Å²) in [6.45, 7) is 12.6. The summed E-state index contributed by atoms with van der Waals surface area (Å²) in [5, 5.41) is 6.84. The predicted molar refractivity (Wildman–Crippen MR) is 128 cm³/mol. The van der Waals surface area contributed by atoms with Crippen molar-refractivity contribution in [3.8, 4) is 0 Å². The van der Waals surface area contributed by atoms with Crippen LogP contribution in [0.2, 0.25) is 0 Å². The van der Waals surface area contributed by atoms with Crippen LogP contribution in [-0.4, -0.2) is 51.5 Å². The first kappa shape index (κ1) is 25.2. The SMILES string of the molecule is CCNC(=NCC(C)(C)c1ccc(CC)cc1)NCC1(OC)CCOCC1.I. The van der Waals surface area contributed by atoms with Crippen molar-refractivity contribution in [2.75, 3.05) is 40.0 Å². The lowest BCUT2D eigenvalue weighted by molar-refractivity contribution is -0.0855. The van der Waals surface area contributed by atoms with Crippen LogP contribution in [-0.2, 0) is 21.3 Å². The molecule has 1 aromatic rings. The van der Waals surface area contributed by atoms with E-state index in [1.54, 1.807) is 7.11 Å². The molecule has 6 heteroatoms. The maximum atomic E-state index is 5.82. The first-order valence-electron chi connectivity index (χ1n) is 10.2. The molecule has 0 radical (unpaired) electrons. The molecule has 28 heavy (non-hydrogen) atoms. The van der Waals surface area contributed by atoms with Crippen LogP contribution in [0.25, 0.3) is 0 Å². The van der Waals surface area contributed by atoms with Crippen LogP contribution in [0.4, 0.5) is 0 Å². The molecule has 0 atom stereocenters. The van der Waals surface area contributed by atoms with Gasteiger partial charge in [-0.3, -0.25) is 4.99 Å². The highest BCUT2D eigenvalue weighted by molar-refractivity contribution is 14.0. The Morgan fingerprint density at radius 3 is 2.32 bits per heavy atom. The Labute approximate surface area is 188 Å². The second kappa shape index (κ2) is 12.0. The summed E-state index contributed by atoms with van der Waals surface area (Å²) >= 11 is 0. The maximum absolute atomic E-state index is 5.82. The van der Waals surface area contributed by atoms with E-state index in [1.807, 2.05) is 0 Å². The molecule has 160 valence electrons. The standard InChI is InChI=1S/C22H37N3O2.HI/c1-6-18-8-10-19(11-9-18)21(3,4)16-24-20(23-7-2)25-17-22(26-5)12-14-27-15-13-22;/h8-11H,6-7,12-17H2,1-5H3,(H2,23,24,25);1H. The van der Waals surface area contributed by atoms with Gasteiger partial charge in [-0.15, -0.1) is 24.0 Å². The molecule has 2 rings (SSSR count). The van der Waals surface area contributed by atoms with Gasteiger partial charge >= 0.3 is 0 Å². The van der Waals surface area contributed by atoms with E-state index in [4.69, 9.17) is 14.5 Å². The fraction of sp³-hybridized carbons (Fsp3) is 0.682. The molecule has 1 aromatic carbocycles. The molecule has 0 saturated carbocycles. The Morgan fingerprint density at radius 2 is 1.79 bits per heavy atom. The van der Waals surface area contributed by atoms with Crippen LogP contribution in [0.15, 0.2) is 29.3 Å². The van der Waals surface area contributed by atoms with Gasteiger partial charge in [0, 0.05) is 51.7 Å². The number of hydrogen-bond acceptors (Lipinski definition) is 3. The summed E-state index contributed by atoms with van der Waals surface area (Å²) in [5.74, 6) is 0.846. The number of hydrogen-bond donors (Lipinski definition) is 2. The first-order chi connectivity index (χ1) is 12.9. The van der Waals surface area contributed by atoms with Gasteiger partial charge in [-0.05, 0) is 24.5 Å². The second-order valence-corrected chi connectivity index (χ2v) is 7.98. The molecule has 0 spiro atoms. The predicted octanol–water partition coefficient (Wildman–Crippen LogP) is 3.90. The summed E-state index contributed by atoms with van der Waals surface area (Å²) in [5.41, 5.74) is 2.50. The largest absolute Gasteiger partial charge is 0.381 e. The molecule has 0 amide bonds. The summed E-state index contributed by atoms with van der Waals surface area (Å²) in [4.78, 5) is 4.86. The van der Waals surface area contributed by atoms with Crippen LogP contribution < -0.4 is 10.6 Å². The number of aliphatic imine (C=N–C) groups is 1. The number of methoxy groups -OCH3 is 1. The lowest BCUT2D eigenvalue weighted by Gasteiger charge is -2.36. The van der Waals surface area contributed by atoms with Crippen molar-refractivity contribution in [3.05, 3.63) is 35.4 Å². The molecule has 1 aliphatic rings. The van der Waals surface area contributed by atoms with E-state index in [-0.39, 0.29) is 35.0 Å². The first-order valence-corrected chi connectivity index (χ1v) is 10.2. The minimum Gasteiger partial charge on any atom is -0.381 e. The van der Waals surface area contributed by atoms with E-state index in [2.05, 4.69) is 62.6 Å². The molecule has 1 saturated heterocycles. The third-order valence-corrected chi connectivity index (χ3v) is 5.54. The van der Waals surface area contributed by atoms with E-state index < -0.39 is 0 Å². The molecule has 0 aliphatic carbocycles. The summed E-state index contributed by atoms with van der Waals surface area (Å²) in [6.07, 6.45) is 2.88. The molecule has 2 N–H and O–H groups in total. The Hall–Kier alpha value is -0.860. The fourth-order valence-corrected chi connectivity index (χ4v) is 3.34. The van der Waals surface area contributed by atoms with Gasteiger partial charge in [0.1, 0.15) is 0 Å². The molecular weight excluding hydrogens is 465 g/mol. The number of nitrogens with zero attached hydrogens (tertiary/aromatic N) is 1. The Kier molecular flexibility index (Phi) is 10.8. The average Bonchev–Trinajstić information content (AvgIpc) is 2.71. The normalized spacial score (nSPS) is 17.0. The highest BCUT2D eigenvalue weighted by atomic mass is 127. The van der Waals surface area contributed by atoms with Gasteiger partial charge in [0.2, 0.25) is 0 Å². The van der Waals surface area contributed by atoms with Crippen molar-refractivity contribution in [2.45, 2.75) is 58.0 Å². The van der Waals surface area contributed by atoms with Crippen molar-refractivity contribution in [1.82, 2.24) is 10.6 Å². The number of benzene rings is 1. The van der Waals surface area contributed by atoms with Crippen LogP contribution in [0, 0.1) is 0 Å². The number of halogens is 1. The van der Waals surface area contributed by atoms with Crippen LogP contribution in [0.1, 0.15) is 51.7 Å². The van der Waals surface area contributed by atoms with Crippen molar-refractivity contribution in [3.63, 3.8) is 0 Å². The van der Waals surface area contributed by atoms with Crippen molar-refractivity contribution < 1.29 is 9.47 Å². The van der Waals surface area contributed by atoms with Crippen LogP contribution in [0.5, 0.6) is 0 Å². The zero-order valence-corrected chi connectivity index (χ0v) is 20.5. The zero-order chi connectivity index (χ0) is 19.8. The smallest absolute Gasteiger partial charge is 0.191 e. The lowest BCUT2D eigenvalue weighted by Crippen LogP contribution is -2.51. The Balaban J connectivity index is 0.00000392. The highest BCUT2D eigenvalue weighted by Crippen LogP contribution is 2.25. The molecule has 1 fully saturated rings. The quantitative estimate of drug-likeness (QED) is 0.321. The van der Waals surface area contributed by atoms with Crippen molar-refractivity contribution in [1.29, 1.82) is 0 Å². The van der Waals surface area contributed by atoms with E-state index in [0.717, 1.165) is 58.1 Å². The lowest BCUT2D eigenvalue weighted by atomic mass is 9.84. The second-order valence-electron chi connectivity index (χ2n) is 7.98. The molecule has 0 bridgehead atoms. The zero-order valence-electron chi connectivity index (χ0n) is 18.1. The van der Waals surface area contributed by atoms with E-state index in [9.17, 15) is 0 Å². The van der Waals surface area contributed by atoms with Crippen LogP contribution in [0.3, 0.4) is 0 Å². The topological polar surface area (TPSA) is 54.9 Å². The van der Waals surface area contributed by atoms with E-state index in [1.165, 1.54) is 11.1 Å². The molecule has 5 nitrogen and oxygen atoms in total. The minimum atomic E-state index is -0.167. The molecular formula is C22H38IN3O2. The number of rotatable bonds is 8. The van der Waals surface area contributed by atoms with Gasteiger partial charge in [-0.1, -0.05) is 45.0 Å². The van der Waals surface area contributed by atoms with Crippen molar-refractivity contribution in [2.24, 2.45) is 4.99 Å². The monoisotopic (exact) mass is 503 g/mol. The van der Waals surface area contributed by atoms with Gasteiger partial charge in [0.15, 0.2) is 5.96 Å². The Bertz CT molecular complexity index is 596. The minimum absolute atomic E-state index is 0. The van der Waals surface area contributed by atoms with Gasteiger partial charge in [0.25, 0.3) is 0 Å². The van der Waals surface area contributed by atoms with Crippen molar-refractivity contribution >= 4 is 29.9 Å². The molecule has 1 aliphatic heterocycles. The Morgan fingerprint density at radius 1 is 1.14 bits per heavy atom. The van der Waals surface area contributed by atoms with Gasteiger partial charge < -0.3 is 20.1 Å². The van der Waals surface area contributed by atoms with Crippen LogP contribution >= 0.6 is 24.0 Å². The molecule has 0 unspecified atom stereocenters. The summed E-state index contributed by atoms with van der Waals surface area (Å²) in [7, 11) is 1.79. The third kappa shape index (κ3) is 7.19. The average molecular weight is 503 g/mol.